The summed E-state index contributed by atoms with van der Waals surface area (Å²) >= 11 is 0. The monoisotopic (exact) mass is 304 g/mol. The fraction of sp³-hybridized carbons (Fsp3) is 0.444. The number of hydrogen-bond donors (Lipinski definition) is 0. The Hall–Kier alpha value is -2.10. The van der Waals surface area contributed by atoms with Crippen molar-refractivity contribution < 1.29 is 19.1 Å². The molecule has 0 atom stereocenters. The van der Waals surface area contributed by atoms with Gasteiger partial charge in [-0.1, -0.05) is 19.9 Å². The molecule has 0 spiro atoms. The van der Waals surface area contributed by atoms with Crippen molar-refractivity contribution in [3.8, 4) is 5.75 Å². The predicted molar refractivity (Wildman–Crippen MR) is 85.7 cm³/mol. The molecule has 0 saturated heterocycles. The van der Waals surface area contributed by atoms with Crippen LogP contribution in [0.2, 0.25) is 0 Å². The van der Waals surface area contributed by atoms with Crippen molar-refractivity contribution >= 4 is 11.9 Å². The second kappa shape index (κ2) is 9.03. The van der Waals surface area contributed by atoms with Gasteiger partial charge < -0.3 is 9.47 Å². The van der Waals surface area contributed by atoms with E-state index in [2.05, 4.69) is 13.8 Å². The minimum absolute atomic E-state index is 0.369. The van der Waals surface area contributed by atoms with Gasteiger partial charge in [-0.25, -0.2) is 9.59 Å². The lowest BCUT2D eigenvalue weighted by Gasteiger charge is -2.05. The number of rotatable bonds is 7. The second-order valence-corrected chi connectivity index (χ2v) is 5.78. The molecule has 0 bridgehead atoms. The number of carbonyl (C=O) groups is 2. The Labute approximate surface area is 132 Å². The number of ether oxygens (including phenoxy) is 2. The Morgan fingerprint density at radius 3 is 2.23 bits per heavy atom. The largest absolute Gasteiger partial charge is 0.463 e. The van der Waals surface area contributed by atoms with Crippen LogP contribution in [0.15, 0.2) is 30.4 Å². The Bertz CT molecular complexity index is 524. The molecular weight excluding hydrogens is 280 g/mol. The average Bonchev–Trinajstić information content (AvgIpc) is 2.40. The van der Waals surface area contributed by atoms with E-state index in [9.17, 15) is 9.59 Å². The van der Waals surface area contributed by atoms with Crippen molar-refractivity contribution in [1.29, 1.82) is 0 Å². The molecule has 0 aliphatic rings. The number of hydrogen-bond acceptors (Lipinski definition) is 4. The number of aryl methyl sites for hydroxylation is 2. The van der Waals surface area contributed by atoms with Gasteiger partial charge in [-0.2, -0.15) is 0 Å². The van der Waals surface area contributed by atoms with Crippen molar-refractivity contribution in [1.82, 2.24) is 0 Å². The fourth-order valence-corrected chi connectivity index (χ4v) is 1.99. The summed E-state index contributed by atoms with van der Waals surface area (Å²) in [4.78, 5) is 23.1. The maximum absolute atomic E-state index is 11.6. The van der Waals surface area contributed by atoms with Crippen LogP contribution in [-0.4, -0.2) is 18.5 Å². The first kappa shape index (κ1) is 18.0. The summed E-state index contributed by atoms with van der Waals surface area (Å²) in [6.07, 6.45) is 4.01. The summed E-state index contributed by atoms with van der Waals surface area (Å²) in [7, 11) is 0. The summed E-state index contributed by atoms with van der Waals surface area (Å²) in [5, 5.41) is 0. The SMILES string of the molecule is Cc1cc(C)cc(OC(=O)/C=C/C(=O)OCCCC(C)C)c1. The zero-order valence-electron chi connectivity index (χ0n) is 13.7. The molecule has 0 radical (unpaired) electrons. The standard InChI is InChI=1S/C18H24O4/c1-13(2)6-5-9-21-17(19)7-8-18(20)22-16-11-14(3)10-15(4)12-16/h7-8,10-13H,5-6,9H2,1-4H3/b8-7+. The van der Waals surface area contributed by atoms with Crippen LogP contribution in [0.3, 0.4) is 0 Å². The van der Waals surface area contributed by atoms with E-state index in [1.54, 1.807) is 12.1 Å². The molecule has 0 aliphatic carbocycles. The van der Waals surface area contributed by atoms with Gasteiger partial charge in [-0.05, 0) is 55.9 Å². The van der Waals surface area contributed by atoms with Gasteiger partial charge in [-0.3, -0.25) is 0 Å². The van der Waals surface area contributed by atoms with Crippen LogP contribution in [0.4, 0.5) is 0 Å². The lowest BCUT2D eigenvalue weighted by Crippen LogP contribution is -2.07. The van der Waals surface area contributed by atoms with Crippen LogP contribution in [0.1, 0.15) is 37.8 Å². The van der Waals surface area contributed by atoms with E-state index in [0.717, 1.165) is 36.1 Å². The zero-order chi connectivity index (χ0) is 16.5. The summed E-state index contributed by atoms with van der Waals surface area (Å²) in [6.45, 7) is 8.45. The number of carbonyl (C=O) groups excluding carboxylic acids is 2. The van der Waals surface area contributed by atoms with E-state index >= 15 is 0 Å². The first-order chi connectivity index (χ1) is 10.4. The number of esters is 2. The van der Waals surface area contributed by atoms with E-state index in [1.807, 2.05) is 19.9 Å². The first-order valence-corrected chi connectivity index (χ1v) is 7.51. The summed E-state index contributed by atoms with van der Waals surface area (Å²) in [5.41, 5.74) is 2.02. The lowest BCUT2D eigenvalue weighted by molar-refractivity contribution is -0.138. The van der Waals surface area contributed by atoms with Gasteiger partial charge in [0.05, 0.1) is 6.61 Å². The van der Waals surface area contributed by atoms with Gasteiger partial charge in [-0.15, -0.1) is 0 Å². The fourth-order valence-electron chi connectivity index (χ4n) is 1.99. The molecule has 4 heteroatoms. The van der Waals surface area contributed by atoms with Crippen LogP contribution in [0.5, 0.6) is 5.75 Å². The van der Waals surface area contributed by atoms with E-state index in [4.69, 9.17) is 9.47 Å². The highest BCUT2D eigenvalue weighted by atomic mass is 16.5. The molecule has 22 heavy (non-hydrogen) atoms. The van der Waals surface area contributed by atoms with Crippen molar-refractivity contribution in [2.45, 2.75) is 40.5 Å². The third-order valence-electron chi connectivity index (χ3n) is 2.94. The van der Waals surface area contributed by atoms with E-state index in [0.29, 0.717) is 18.3 Å². The predicted octanol–water partition coefficient (Wildman–Crippen LogP) is 3.74. The topological polar surface area (TPSA) is 52.6 Å². The normalized spacial score (nSPS) is 11.0. The van der Waals surface area contributed by atoms with Gasteiger partial charge in [0, 0.05) is 12.2 Å². The van der Waals surface area contributed by atoms with Crippen LogP contribution in [0.25, 0.3) is 0 Å². The molecule has 1 aromatic carbocycles. The summed E-state index contributed by atoms with van der Waals surface area (Å²) in [5.74, 6) is -0.0651. The van der Waals surface area contributed by atoms with Gasteiger partial charge in [0.2, 0.25) is 0 Å². The van der Waals surface area contributed by atoms with Crippen LogP contribution in [0, 0.1) is 19.8 Å². The van der Waals surface area contributed by atoms with Crippen LogP contribution >= 0.6 is 0 Å². The van der Waals surface area contributed by atoms with Gasteiger partial charge in [0.15, 0.2) is 0 Å². The van der Waals surface area contributed by atoms with Crippen molar-refractivity contribution in [2.24, 2.45) is 5.92 Å². The molecule has 0 fully saturated rings. The third kappa shape index (κ3) is 7.62. The highest BCUT2D eigenvalue weighted by Crippen LogP contribution is 2.16. The Kier molecular flexibility index (Phi) is 7.37. The molecule has 1 rings (SSSR count). The van der Waals surface area contributed by atoms with E-state index < -0.39 is 11.9 Å². The highest BCUT2D eigenvalue weighted by Gasteiger charge is 2.04. The van der Waals surface area contributed by atoms with Gasteiger partial charge >= 0.3 is 11.9 Å². The highest BCUT2D eigenvalue weighted by molar-refractivity contribution is 5.92. The summed E-state index contributed by atoms with van der Waals surface area (Å²) < 4.78 is 10.1. The van der Waals surface area contributed by atoms with Gasteiger partial charge in [0.25, 0.3) is 0 Å². The minimum atomic E-state index is -0.593. The first-order valence-electron chi connectivity index (χ1n) is 7.51. The molecule has 0 heterocycles. The lowest BCUT2D eigenvalue weighted by atomic mass is 10.1. The molecule has 0 saturated carbocycles. The molecule has 0 amide bonds. The zero-order valence-corrected chi connectivity index (χ0v) is 13.7. The van der Waals surface area contributed by atoms with Gasteiger partial charge in [0.1, 0.15) is 5.75 Å². The average molecular weight is 304 g/mol. The molecular formula is C18H24O4. The van der Waals surface area contributed by atoms with Crippen molar-refractivity contribution in [2.75, 3.05) is 6.61 Å². The second-order valence-electron chi connectivity index (χ2n) is 5.78. The maximum Gasteiger partial charge on any atom is 0.336 e. The van der Waals surface area contributed by atoms with E-state index in [-0.39, 0.29) is 0 Å². The molecule has 4 nitrogen and oxygen atoms in total. The van der Waals surface area contributed by atoms with Crippen molar-refractivity contribution in [3.63, 3.8) is 0 Å². The molecule has 0 unspecified atom stereocenters. The van der Waals surface area contributed by atoms with E-state index in [1.165, 1.54) is 0 Å². The minimum Gasteiger partial charge on any atom is -0.463 e. The van der Waals surface area contributed by atoms with Crippen LogP contribution < -0.4 is 4.74 Å². The molecule has 0 aromatic heterocycles. The molecule has 1 aromatic rings. The molecule has 120 valence electrons. The molecule has 0 N–H and O–H groups in total. The number of benzene rings is 1. The Morgan fingerprint density at radius 2 is 1.64 bits per heavy atom. The maximum atomic E-state index is 11.6. The molecule has 0 aliphatic heterocycles. The third-order valence-corrected chi connectivity index (χ3v) is 2.94. The smallest absolute Gasteiger partial charge is 0.336 e. The quantitative estimate of drug-likeness (QED) is 0.333. The van der Waals surface area contributed by atoms with Crippen LogP contribution in [-0.2, 0) is 14.3 Å². The summed E-state index contributed by atoms with van der Waals surface area (Å²) in [6, 6.07) is 5.52. The van der Waals surface area contributed by atoms with Crippen molar-refractivity contribution in [3.05, 3.63) is 41.5 Å². The Morgan fingerprint density at radius 1 is 1.05 bits per heavy atom. The Balaban J connectivity index is 2.38.